The fraction of sp³-hybridized carbons (Fsp3) is 0.346. The number of aliphatic hydroxyl groups is 1. The summed E-state index contributed by atoms with van der Waals surface area (Å²) in [7, 11) is 0. The second kappa shape index (κ2) is 8.36. The van der Waals surface area contributed by atoms with Crippen LogP contribution in [0.2, 0.25) is 10.0 Å². The van der Waals surface area contributed by atoms with E-state index in [1.54, 1.807) is 6.20 Å². The molecule has 35 heavy (non-hydrogen) atoms. The van der Waals surface area contributed by atoms with Gasteiger partial charge in [-0.2, -0.15) is 5.10 Å². The van der Waals surface area contributed by atoms with E-state index >= 15 is 0 Å². The standard InChI is InChI=1S/C26H25Cl2N5O2/c1-14-24(28)23(20(27)11-29-14)15(2)35-18-4-5-21-19(7-18)25(32-31-21)16-3-6-22(30-10-16)33-12-26(13-33)8-17(34)9-26/h3-7,10-11,15,17,34H,8-9,12-13H2,1-2H3,(H,31,32). The van der Waals surface area contributed by atoms with Crippen molar-refractivity contribution in [2.24, 2.45) is 5.41 Å². The number of hydrogen-bond donors (Lipinski definition) is 2. The highest BCUT2D eigenvalue weighted by Crippen LogP contribution is 2.49. The fourth-order valence-electron chi connectivity index (χ4n) is 5.34. The van der Waals surface area contributed by atoms with Crippen molar-refractivity contribution in [2.75, 3.05) is 18.0 Å². The molecule has 6 rings (SSSR count). The van der Waals surface area contributed by atoms with E-state index in [1.807, 2.05) is 50.4 Å². The predicted molar refractivity (Wildman–Crippen MR) is 137 cm³/mol. The zero-order valence-electron chi connectivity index (χ0n) is 19.4. The average molecular weight is 510 g/mol. The lowest BCUT2D eigenvalue weighted by molar-refractivity contribution is -0.0494. The number of nitrogens with one attached hydrogen (secondary N) is 1. The number of halogens is 2. The molecule has 1 aliphatic heterocycles. The molecule has 1 atom stereocenters. The number of rotatable bonds is 5. The highest BCUT2D eigenvalue weighted by Gasteiger charge is 2.52. The van der Waals surface area contributed by atoms with E-state index in [4.69, 9.17) is 27.9 Å². The minimum atomic E-state index is -0.359. The van der Waals surface area contributed by atoms with Crippen LogP contribution in [0.4, 0.5) is 5.82 Å². The smallest absolute Gasteiger partial charge is 0.128 e. The number of aromatic amines is 1. The third-order valence-corrected chi connectivity index (χ3v) is 7.95. The quantitative estimate of drug-likeness (QED) is 0.356. The Balaban J connectivity index is 1.22. The number of aromatic nitrogens is 4. The largest absolute Gasteiger partial charge is 0.486 e. The van der Waals surface area contributed by atoms with Crippen molar-refractivity contribution in [3.05, 3.63) is 64.0 Å². The van der Waals surface area contributed by atoms with Crippen molar-refractivity contribution in [3.63, 3.8) is 0 Å². The van der Waals surface area contributed by atoms with Gasteiger partial charge in [0.05, 0.1) is 27.4 Å². The maximum Gasteiger partial charge on any atom is 0.128 e. The summed E-state index contributed by atoms with van der Waals surface area (Å²) in [5, 5.41) is 19.2. The Kier molecular flexibility index (Phi) is 5.40. The monoisotopic (exact) mass is 509 g/mol. The summed E-state index contributed by atoms with van der Waals surface area (Å²) < 4.78 is 6.22. The highest BCUT2D eigenvalue weighted by atomic mass is 35.5. The zero-order chi connectivity index (χ0) is 24.3. The van der Waals surface area contributed by atoms with Crippen LogP contribution >= 0.6 is 23.2 Å². The number of pyridine rings is 2. The van der Waals surface area contributed by atoms with Gasteiger partial charge in [0.2, 0.25) is 0 Å². The second-order valence-corrected chi connectivity index (χ2v) is 10.6. The van der Waals surface area contributed by atoms with Gasteiger partial charge in [0.1, 0.15) is 23.4 Å². The number of H-pyrrole nitrogens is 1. The van der Waals surface area contributed by atoms with Crippen molar-refractivity contribution in [2.45, 2.75) is 38.9 Å². The molecular weight excluding hydrogens is 485 g/mol. The second-order valence-electron chi connectivity index (χ2n) is 9.78. The molecule has 1 aromatic carbocycles. The Hall–Kier alpha value is -2.87. The van der Waals surface area contributed by atoms with E-state index in [1.165, 1.54) is 0 Å². The number of aliphatic hydroxyl groups excluding tert-OH is 1. The first-order valence-electron chi connectivity index (χ1n) is 11.7. The van der Waals surface area contributed by atoms with Gasteiger partial charge in [0.25, 0.3) is 0 Å². The molecule has 1 unspecified atom stereocenters. The molecule has 1 aliphatic carbocycles. The average Bonchev–Trinajstić information content (AvgIpc) is 3.21. The van der Waals surface area contributed by atoms with E-state index in [2.05, 4.69) is 25.1 Å². The van der Waals surface area contributed by atoms with E-state index in [9.17, 15) is 5.11 Å². The molecule has 0 amide bonds. The van der Waals surface area contributed by atoms with E-state index in [0.29, 0.717) is 26.9 Å². The third kappa shape index (κ3) is 3.92. The molecule has 0 bridgehead atoms. The molecule has 1 spiro atoms. The van der Waals surface area contributed by atoms with Crippen LogP contribution in [0.15, 0.2) is 42.7 Å². The molecule has 9 heteroatoms. The molecule has 4 aromatic rings. The Bertz CT molecular complexity index is 1410. The Morgan fingerprint density at radius 3 is 2.66 bits per heavy atom. The fourth-order valence-corrected chi connectivity index (χ4v) is 5.99. The van der Waals surface area contributed by atoms with Gasteiger partial charge in [-0.05, 0) is 57.0 Å². The van der Waals surface area contributed by atoms with Gasteiger partial charge in [-0.25, -0.2) is 4.98 Å². The van der Waals surface area contributed by atoms with Crippen LogP contribution in [0.25, 0.3) is 22.2 Å². The summed E-state index contributed by atoms with van der Waals surface area (Å²) in [6.07, 6.45) is 4.79. The molecule has 1 saturated carbocycles. The predicted octanol–water partition coefficient (Wildman–Crippen LogP) is 5.74. The summed E-state index contributed by atoms with van der Waals surface area (Å²) in [5.41, 5.74) is 4.38. The molecule has 4 heterocycles. The first kappa shape index (κ1) is 22.6. The summed E-state index contributed by atoms with van der Waals surface area (Å²) in [6.45, 7) is 5.69. The number of benzene rings is 1. The van der Waals surface area contributed by atoms with Crippen molar-refractivity contribution in [1.82, 2.24) is 20.2 Å². The molecule has 0 radical (unpaired) electrons. The molecule has 180 valence electrons. The summed E-state index contributed by atoms with van der Waals surface area (Å²) in [4.78, 5) is 11.2. The Labute approximate surface area is 213 Å². The Morgan fingerprint density at radius 2 is 1.94 bits per heavy atom. The molecule has 2 fully saturated rings. The van der Waals surface area contributed by atoms with E-state index < -0.39 is 0 Å². The Morgan fingerprint density at radius 1 is 1.14 bits per heavy atom. The maximum absolute atomic E-state index is 9.63. The minimum Gasteiger partial charge on any atom is -0.486 e. The number of nitrogens with zero attached hydrogens (tertiary/aromatic N) is 4. The van der Waals surface area contributed by atoms with Crippen LogP contribution in [-0.2, 0) is 0 Å². The highest BCUT2D eigenvalue weighted by molar-refractivity contribution is 6.36. The lowest BCUT2D eigenvalue weighted by atomic mass is 9.62. The number of anilines is 1. The van der Waals surface area contributed by atoms with Crippen LogP contribution in [-0.4, -0.2) is 44.5 Å². The molecule has 1 saturated heterocycles. The summed E-state index contributed by atoms with van der Waals surface area (Å²) in [6, 6.07) is 9.90. The number of hydrogen-bond acceptors (Lipinski definition) is 6. The molecule has 7 nitrogen and oxygen atoms in total. The first-order valence-corrected chi connectivity index (χ1v) is 12.4. The van der Waals surface area contributed by atoms with Crippen LogP contribution < -0.4 is 9.64 Å². The molecular formula is C26H25Cl2N5O2. The van der Waals surface area contributed by atoms with Gasteiger partial charge in [0.15, 0.2) is 0 Å². The molecule has 2 aliphatic rings. The summed E-state index contributed by atoms with van der Waals surface area (Å²) in [5.74, 6) is 1.65. The van der Waals surface area contributed by atoms with E-state index in [-0.39, 0.29) is 12.2 Å². The lowest BCUT2D eigenvalue weighted by Gasteiger charge is -2.58. The van der Waals surface area contributed by atoms with Crippen molar-refractivity contribution >= 4 is 39.9 Å². The SMILES string of the molecule is Cc1ncc(Cl)c(C(C)Oc2ccc3[nH]nc(-c4ccc(N5CC6(CC(O)C6)C5)nc4)c3c2)c1Cl. The third-order valence-electron chi connectivity index (χ3n) is 7.17. The van der Waals surface area contributed by atoms with Crippen LogP contribution in [0.5, 0.6) is 5.75 Å². The number of ether oxygens (including phenoxy) is 1. The number of aryl methyl sites for hydroxylation is 1. The van der Waals surface area contributed by atoms with Crippen LogP contribution in [0, 0.1) is 12.3 Å². The van der Waals surface area contributed by atoms with Crippen LogP contribution in [0.1, 0.15) is 37.1 Å². The van der Waals surface area contributed by atoms with Gasteiger partial charge in [-0.3, -0.25) is 10.1 Å². The van der Waals surface area contributed by atoms with Gasteiger partial charge in [-0.15, -0.1) is 0 Å². The van der Waals surface area contributed by atoms with E-state index in [0.717, 1.165) is 59.5 Å². The minimum absolute atomic E-state index is 0.125. The maximum atomic E-state index is 9.63. The van der Waals surface area contributed by atoms with Crippen LogP contribution in [0.3, 0.4) is 0 Å². The first-order chi connectivity index (χ1) is 16.8. The van der Waals surface area contributed by atoms with Crippen molar-refractivity contribution in [1.29, 1.82) is 0 Å². The molecule has 2 N–H and O–H groups in total. The lowest BCUT2D eigenvalue weighted by Crippen LogP contribution is -2.64. The normalized spacial score (nSPS) is 17.9. The van der Waals surface area contributed by atoms with Gasteiger partial charge in [0, 0.05) is 47.4 Å². The molecule has 3 aromatic heterocycles. The number of fused-ring (bicyclic) bond motifs is 1. The van der Waals surface area contributed by atoms with Gasteiger partial charge in [-0.1, -0.05) is 23.2 Å². The van der Waals surface area contributed by atoms with Crippen molar-refractivity contribution < 1.29 is 9.84 Å². The van der Waals surface area contributed by atoms with Gasteiger partial charge < -0.3 is 14.7 Å². The topological polar surface area (TPSA) is 87.2 Å². The van der Waals surface area contributed by atoms with Crippen molar-refractivity contribution in [3.8, 4) is 17.0 Å². The summed E-state index contributed by atoms with van der Waals surface area (Å²) >= 11 is 12.8. The zero-order valence-corrected chi connectivity index (χ0v) is 20.9. The van der Waals surface area contributed by atoms with Gasteiger partial charge >= 0.3 is 0 Å².